The minimum atomic E-state index is 0.955. The summed E-state index contributed by atoms with van der Waals surface area (Å²) in [6, 6.07) is 0. The van der Waals surface area contributed by atoms with Crippen LogP contribution >= 0.6 is 12.6 Å². The normalized spacial score (nSPS) is 23.4. The fourth-order valence-electron chi connectivity index (χ4n) is 1.43. The Labute approximate surface area is 69.2 Å². The van der Waals surface area contributed by atoms with Gasteiger partial charge in [0.05, 0.1) is 0 Å². The first-order valence-electron chi connectivity index (χ1n) is 4.16. The molecule has 0 aliphatic carbocycles. The van der Waals surface area contributed by atoms with Gasteiger partial charge in [-0.2, -0.15) is 12.6 Å². The van der Waals surface area contributed by atoms with Gasteiger partial charge in [0, 0.05) is 12.3 Å². The average Bonchev–Trinajstić information content (AvgIpc) is 1.95. The van der Waals surface area contributed by atoms with Gasteiger partial charge < -0.3 is 4.90 Å². The number of piperidine rings is 1. The largest absolute Gasteiger partial charge is 0.303 e. The van der Waals surface area contributed by atoms with Gasteiger partial charge in [-0.1, -0.05) is 6.92 Å². The van der Waals surface area contributed by atoms with Gasteiger partial charge >= 0.3 is 0 Å². The van der Waals surface area contributed by atoms with Crippen LogP contribution in [0.4, 0.5) is 0 Å². The summed E-state index contributed by atoms with van der Waals surface area (Å²) in [7, 11) is 0. The van der Waals surface area contributed by atoms with Crippen molar-refractivity contribution in [2.24, 2.45) is 5.92 Å². The van der Waals surface area contributed by atoms with Gasteiger partial charge in [0.1, 0.15) is 0 Å². The van der Waals surface area contributed by atoms with Crippen molar-refractivity contribution in [3.63, 3.8) is 0 Å². The molecular formula is C8H17NS. The van der Waals surface area contributed by atoms with Crippen LogP contribution in [0, 0.1) is 5.92 Å². The van der Waals surface area contributed by atoms with Crippen LogP contribution in [0.1, 0.15) is 19.8 Å². The quantitative estimate of drug-likeness (QED) is 0.600. The molecule has 10 heavy (non-hydrogen) atoms. The van der Waals surface area contributed by atoms with Crippen molar-refractivity contribution in [3.05, 3.63) is 0 Å². The second kappa shape index (κ2) is 4.24. The molecule has 0 aromatic heterocycles. The van der Waals surface area contributed by atoms with E-state index in [1.165, 1.54) is 32.5 Å². The second-order valence-electron chi connectivity index (χ2n) is 3.25. The molecule has 0 unspecified atom stereocenters. The van der Waals surface area contributed by atoms with Crippen LogP contribution in [0.5, 0.6) is 0 Å². The van der Waals surface area contributed by atoms with Crippen molar-refractivity contribution in [2.45, 2.75) is 19.8 Å². The molecule has 1 aliphatic heterocycles. The molecule has 0 aromatic carbocycles. The first kappa shape index (κ1) is 8.41. The Morgan fingerprint density at radius 2 is 2.00 bits per heavy atom. The molecule has 0 N–H and O–H groups in total. The standard InChI is InChI=1S/C8H17NS/c1-8-2-4-9(5-3-8)6-7-10/h8,10H,2-7H2,1H3. The number of thiol groups is 1. The Bertz CT molecular complexity index is 87.3. The Morgan fingerprint density at radius 3 is 2.50 bits per heavy atom. The van der Waals surface area contributed by atoms with Crippen molar-refractivity contribution in [2.75, 3.05) is 25.4 Å². The van der Waals surface area contributed by atoms with Gasteiger partial charge in [-0.25, -0.2) is 0 Å². The molecule has 1 fully saturated rings. The summed E-state index contributed by atoms with van der Waals surface area (Å²) < 4.78 is 0. The number of likely N-dealkylation sites (tertiary alicyclic amines) is 1. The lowest BCUT2D eigenvalue weighted by atomic mass is 9.99. The van der Waals surface area contributed by atoms with Gasteiger partial charge in [-0.15, -0.1) is 0 Å². The van der Waals surface area contributed by atoms with Crippen LogP contribution < -0.4 is 0 Å². The summed E-state index contributed by atoms with van der Waals surface area (Å²) in [6.45, 7) is 6.11. The molecule has 0 saturated carbocycles. The van der Waals surface area contributed by atoms with Crippen molar-refractivity contribution >= 4 is 12.6 Å². The molecule has 0 amide bonds. The van der Waals surface area contributed by atoms with E-state index in [-0.39, 0.29) is 0 Å². The van der Waals surface area contributed by atoms with E-state index in [1.54, 1.807) is 0 Å². The number of rotatable bonds is 2. The Morgan fingerprint density at radius 1 is 1.40 bits per heavy atom. The van der Waals surface area contributed by atoms with Crippen LogP contribution in [0.15, 0.2) is 0 Å². The van der Waals surface area contributed by atoms with Crippen LogP contribution in [0.2, 0.25) is 0 Å². The van der Waals surface area contributed by atoms with E-state index < -0.39 is 0 Å². The molecule has 60 valence electrons. The van der Waals surface area contributed by atoms with Gasteiger partial charge in [0.2, 0.25) is 0 Å². The maximum absolute atomic E-state index is 4.21. The van der Waals surface area contributed by atoms with Crippen LogP contribution in [0.3, 0.4) is 0 Å². The third-order valence-corrected chi connectivity index (χ3v) is 2.49. The molecular weight excluding hydrogens is 142 g/mol. The topological polar surface area (TPSA) is 3.24 Å². The van der Waals surface area contributed by atoms with Crippen LogP contribution in [-0.4, -0.2) is 30.3 Å². The molecule has 2 heteroatoms. The SMILES string of the molecule is CC1CCN(CCS)CC1. The zero-order valence-corrected chi connectivity index (χ0v) is 7.61. The zero-order valence-electron chi connectivity index (χ0n) is 6.71. The molecule has 1 heterocycles. The Hall–Kier alpha value is 0.310. The highest BCUT2D eigenvalue weighted by molar-refractivity contribution is 7.80. The van der Waals surface area contributed by atoms with Crippen LogP contribution in [-0.2, 0) is 0 Å². The van der Waals surface area contributed by atoms with E-state index in [1.807, 2.05) is 0 Å². The molecule has 1 nitrogen and oxygen atoms in total. The van der Waals surface area contributed by atoms with Gasteiger partial charge in [-0.3, -0.25) is 0 Å². The predicted molar refractivity (Wildman–Crippen MR) is 48.7 cm³/mol. The van der Waals surface area contributed by atoms with Gasteiger partial charge in [-0.05, 0) is 31.8 Å². The van der Waals surface area contributed by atoms with E-state index >= 15 is 0 Å². The number of hydrogen-bond acceptors (Lipinski definition) is 2. The lowest BCUT2D eigenvalue weighted by Crippen LogP contribution is -2.34. The zero-order chi connectivity index (χ0) is 7.40. The number of nitrogens with zero attached hydrogens (tertiary/aromatic N) is 1. The molecule has 1 saturated heterocycles. The maximum Gasteiger partial charge on any atom is 0.00698 e. The van der Waals surface area contributed by atoms with Crippen molar-refractivity contribution in [1.29, 1.82) is 0 Å². The van der Waals surface area contributed by atoms with Gasteiger partial charge in [0.25, 0.3) is 0 Å². The fourth-order valence-corrected chi connectivity index (χ4v) is 1.71. The number of hydrogen-bond donors (Lipinski definition) is 1. The van der Waals surface area contributed by atoms with Crippen LogP contribution in [0.25, 0.3) is 0 Å². The highest BCUT2D eigenvalue weighted by Crippen LogP contribution is 2.15. The molecule has 1 rings (SSSR count). The van der Waals surface area contributed by atoms with E-state index in [4.69, 9.17) is 0 Å². The average molecular weight is 159 g/mol. The van der Waals surface area contributed by atoms with Gasteiger partial charge in [0.15, 0.2) is 0 Å². The first-order valence-corrected chi connectivity index (χ1v) is 4.79. The van der Waals surface area contributed by atoms with Crippen molar-refractivity contribution in [3.8, 4) is 0 Å². The first-order chi connectivity index (χ1) is 4.83. The molecule has 0 radical (unpaired) electrons. The second-order valence-corrected chi connectivity index (χ2v) is 3.69. The lowest BCUT2D eigenvalue weighted by molar-refractivity contribution is 0.203. The predicted octanol–water partition coefficient (Wildman–Crippen LogP) is 1.65. The summed E-state index contributed by atoms with van der Waals surface area (Å²) in [4.78, 5) is 2.51. The van der Waals surface area contributed by atoms with Crippen molar-refractivity contribution in [1.82, 2.24) is 4.90 Å². The Balaban J connectivity index is 2.13. The van der Waals surface area contributed by atoms with E-state index in [2.05, 4.69) is 24.5 Å². The molecule has 0 atom stereocenters. The van der Waals surface area contributed by atoms with Crippen molar-refractivity contribution < 1.29 is 0 Å². The minimum absolute atomic E-state index is 0.955. The maximum atomic E-state index is 4.21. The molecule has 0 bridgehead atoms. The third kappa shape index (κ3) is 2.51. The third-order valence-electron chi connectivity index (χ3n) is 2.29. The molecule has 0 spiro atoms. The van der Waals surface area contributed by atoms with E-state index in [0.29, 0.717) is 0 Å². The monoisotopic (exact) mass is 159 g/mol. The lowest BCUT2D eigenvalue weighted by Gasteiger charge is -2.29. The summed E-state index contributed by atoms with van der Waals surface area (Å²) in [6.07, 6.45) is 2.77. The minimum Gasteiger partial charge on any atom is -0.303 e. The molecule has 1 aliphatic rings. The van der Waals surface area contributed by atoms with E-state index in [9.17, 15) is 0 Å². The highest BCUT2D eigenvalue weighted by Gasteiger charge is 2.13. The highest BCUT2D eigenvalue weighted by atomic mass is 32.1. The summed E-state index contributed by atoms with van der Waals surface area (Å²) >= 11 is 4.21. The Kier molecular flexibility index (Phi) is 3.57. The summed E-state index contributed by atoms with van der Waals surface area (Å²) in [5.41, 5.74) is 0. The molecule has 0 aromatic rings. The summed E-state index contributed by atoms with van der Waals surface area (Å²) in [5.74, 6) is 1.96. The fraction of sp³-hybridized carbons (Fsp3) is 1.00. The smallest absolute Gasteiger partial charge is 0.00698 e. The summed E-state index contributed by atoms with van der Waals surface area (Å²) in [5, 5.41) is 0. The van der Waals surface area contributed by atoms with E-state index in [0.717, 1.165) is 11.7 Å².